The number of aromatic nitrogens is 3. The topological polar surface area (TPSA) is 124 Å². The van der Waals surface area contributed by atoms with Gasteiger partial charge in [-0.25, -0.2) is 4.98 Å². The van der Waals surface area contributed by atoms with E-state index in [0.29, 0.717) is 39.0 Å². The number of amides is 2. The number of rotatable bonds is 6. The fourth-order valence-electron chi connectivity index (χ4n) is 3.75. The molecule has 0 unspecified atom stereocenters. The summed E-state index contributed by atoms with van der Waals surface area (Å²) in [5.74, 6) is 0.184. The molecule has 2 fully saturated rings. The lowest BCUT2D eigenvalue weighted by Gasteiger charge is -2.19. The number of benzene rings is 1. The fraction of sp³-hybridized carbons (Fsp3) is 0.261. The van der Waals surface area contributed by atoms with E-state index < -0.39 is 5.91 Å². The third kappa shape index (κ3) is 4.13. The number of imide groups is 1. The van der Waals surface area contributed by atoms with Crippen LogP contribution in [-0.4, -0.2) is 32.5 Å². The van der Waals surface area contributed by atoms with Crippen molar-refractivity contribution in [1.29, 1.82) is 5.26 Å². The molecule has 166 valence electrons. The average Bonchev–Trinajstić information content (AvgIpc) is 3.43. The fourth-order valence-corrected chi connectivity index (χ4v) is 3.95. The molecule has 5 rings (SSSR count). The Bertz CT molecular complexity index is 1370. The standard InChI is InChI=1S/C23H20ClN7O2/c1-12(13-3-2-4-16(24)8-13)27-20-18(10-25)22(28-17-5-6-17)31-21(30-20)15(11-26-31)7-14-9-19(32)29-23(14)33/h2-4,7-8,11-12,17,28H,5-6,9H2,1H3,(H,27,30)(H,29,32,33)/b14-7+/t12-/m1/s1. The predicted octanol–water partition coefficient (Wildman–Crippen LogP) is 3.43. The van der Waals surface area contributed by atoms with E-state index in [1.807, 2.05) is 25.1 Å². The van der Waals surface area contributed by atoms with Crippen molar-refractivity contribution in [3.05, 3.63) is 57.7 Å². The quantitative estimate of drug-likeness (QED) is 0.379. The van der Waals surface area contributed by atoms with Crippen molar-refractivity contribution in [1.82, 2.24) is 19.9 Å². The number of nitriles is 1. The van der Waals surface area contributed by atoms with Gasteiger partial charge in [0.25, 0.3) is 5.91 Å². The van der Waals surface area contributed by atoms with Gasteiger partial charge in [-0.05, 0) is 43.5 Å². The molecule has 2 aromatic heterocycles. The van der Waals surface area contributed by atoms with Crippen molar-refractivity contribution in [3.63, 3.8) is 0 Å². The number of carbonyl (C=O) groups is 2. The molecule has 33 heavy (non-hydrogen) atoms. The second-order valence-electron chi connectivity index (χ2n) is 8.19. The van der Waals surface area contributed by atoms with E-state index in [0.717, 1.165) is 18.4 Å². The van der Waals surface area contributed by atoms with Crippen LogP contribution in [0.2, 0.25) is 5.02 Å². The van der Waals surface area contributed by atoms with Crippen LogP contribution in [0.1, 0.15) is 48.9 Å². The number of halogens is 1. The predicted molar refractivity (Wildman–Crippen MR) is 124 cm³/mol. The maximum Gasteiger partial charge on any atom is 0.254 e. The van der Waals surface area contributed by atoms with Gasteiger partial charge in [-0.2, -0.15) is 14.9 Å². The van der Waals surface area contributed by atoms with Crippen LogP contribution in [0.15, 0.2) is 36.0 Å². The largest absolute Gasteiger partial charge is 0.366 e. The van der Waals surface area contributed by atoms with Crippen LogP contribution in [0.3, 0.4) is 0 Å². The number of nitrogens with one attached hydrogen (secondary N) is 3. The SMILES string of the molecule is C[C@@H](Nc1nc2c(/C=C3\CC(=O)NC3=O)cnn2c(NC2CC2)c1C#N)c1cccc(Cl)c1. The molecular weight excluding hydrogens is 442 g/mol. The number of hydrogen-bond donors (Lipinski definition) is 3. The van der Waals surface area contributed by atoms with Gasteiger partial charge >= 0.3 is 0 Å². The molecular formula is C23H20ClN7O2. The van der Waals surface area contributed by atoms with Crippen molar-refractivity contribution in [3.8, 4) is 6.07 Å². The van der Waals surface area contributed by atoms with Crippen molar-refractivity contribution in [2.75, 3.05) is 10.6 Å². The number of hydrogen-bond acceptors (Lipinski definition) is 7. The molecule has 3 N–H and O–H groups in total. The first-order chi connectivity index (χ1) is 15.9. The maximum atomic E-state index is 12.0. The van der Waals surface area contributed by atoms with Gasteiger partial charge in [0, 0.05) is 22.2 Å². The van der Waals surface area contributed by atoms with E-state index in [4.69, 9.17) is 16.6 Å². The van der Waals surface area contributed by atoms with Crippen LogP contribution in [0.4, 0.5) is 11.6 Å². The lowest BCUT2D eigenvalue weighted by Crippen LogP contribution is -2.19. The molecule has 2 amide bonds. The first-order valence-corrected chi connectivity index (χ1v) is 11.0. The summed E-state index contributed by atoms with van der Waals surface area (Å²) in [6.45, 7) is 1.96. The van der Waals surface area contributed by atoms with Crippen molar-refractivity contribution in [2.24, 2.45) is 0 Å². The number of fused-ring (bicyclic) bond motifs is 1. The van der Waals surface area contributed by atoms with E-state index in [9.17, 15) is 14.9 Å². The Hall–Kier alpha value is -3.90. The van der Waals surface area contributed by atoms with Crippen molar-refractivity contribution in [2.45, 2.75) is 38.3 Å². The molecule has 2 aliphatic rings. The zero-order chi connectivity index (χ0) is 23.1. The summed E-state index contributed by atoms with van der Waals surface area (Å²) in [6, 6.07) is 9.82. The lowest BCUT2D eigenvalue weighted by molar-refractivity contribution is -0.124. The number of anilines is 2. The van der Waals surface area contributed by atoms with E-state index in [2.05, 4.69) is 27.1 Å². The van der Waals surface area contributed by atoms with Gasteiger partial charge in [0.15, 0.2) is 17.3 Å². The van der Waals surface area contributed by atoms with Crippen LogP contribution in [0.5, 0.6) is 0 Å². The smallest absolute Gasteiger partial charge is 0.254 e. The molecule has 1 saturated heterocycles. The molecule has 0 bridgehead atoms. The minimum absolute atomic E-state index is 0.0105. The van der Waals surface area contributed by atoms with Gasteiger partial charge < -0.3 is 10.6 Å². The zero-order valence-electron chi connectivity index (χ0n) is 17.7. The van der Waals surface area contributed by atoms with Crippen LogP contribution in [-0.2, 0) is 9.59 Å². The summed E-state index contributed by atoms with van der Waals surface area (Å²) < 4.78 is 1.58. The normalized spacial score (nSPS) is 17.8. The Labute approximate surface area is 194 Å². The summed E-state index contributed by atoms with van der Waals surface area (Å²) in [5.41, 5.74) is 2.69. The molecule has 1 aromatic carbocycles. The Kier molecular flexibility index (Phi) is 5.23. The van der Waals surface area contributed by atoms with E-state index in [1.54, 1.807) is 22.9 Å². The highest BCUT2D eigenvalue weighted by Crippen LogP contribution is 2.33. The van der Waals surface area contributed by atoms with Gasteiger partial charge in [0.05, 0.1) is 18.7 Å². The molecule has 1 saturated carbocycles. The van der Waals surface area contributed by atoms with Gasteiger partial charge in [-0.1, -0.05) is 23.7 Å². The van der Waals surface area contributed by atoms with Gasteiger partial charge in [-0.3, -0.25) is 14.9 Å². The second-order valence-corrected chi connectivity index (χ2v) is 8.63. The minimum Gasteiger partial charge on any atom is -0.366 e. The summed E-state index contributed by atoms with van der Waals surface area (Å²) in [5, 5.41) is 24.0. The maximum absolute atomic E-state index is 12.0. The first-order valence-electron chi connectivity index (χ1n) is 10.6. The molecule has 3 heterocycles. The van der Waals surface area contributed by atoms with Crippen LogP contribution >= 0.6 is 11.6 Å². The number of nitrogens with zero attached hydrogens (tertiary/aromatic N) is 4. The van der Waals surface area contributed by atoms with Gasteiger partial charge in [0.2, 0.25) is 5.91 Å². The molecule has 0 spiro atoms. The molecule has 1 aliphatic carbocycles. The van der Waals surface area contributed by atoms with Crippen molar-refractivity contribution < 1.29 is 9.59 Å². The zero-order valence-corrected chi connectivity index (χ0v) is 18.5. The van der Waals surface area contributed by atoms with Crippen LogP contribution in [0, 0.1) is 11.3 Å². The average molecular weight is 462 g/mol. The Morgan fingerprint density at radius 1 is 1.36 bits per heavy atom. The first kappa shape index (κ1) is 21.0. The van der Waals surface area contributed by atoms with Crippen LogP contribution < -0.4 is 16.0 Å². The molecule has 1 atom stereocenters. The minimum atomic E-state index is -0.419. The van der Waals surface area contributed by atoms with E-state index in [-0.39, 0.29) is 24.4 Å². The van der Waals surface area contributed by atoms with Gasteiger partial charge in [0.1, 0.15) is 11.6 Å². The van der Waals surface area contributed by atoms with E-state index >= 15 is 0 Å². The molecule has 9 nitrogen and oxygen atoms in total. The third-order valence-corrected chi connectivity index (χ3v) is 5.87. The third-order valence-electron chi connectivity index (χ3n) is 5.63. The van der Waals surface area contributed by atoms with E-state index in [1.165, 1.54) is 0 Å². The number of carbonyl (C=O) groups excluding carboxylic acids is 2. The summed E-state index contributed by atoms with van der Waals surface area (Å²) in [4.78, 5) is 28.3. The molecule has 3 aromatic rings. The molecule has 1 aliphatic heterocycles. The highest BCUT2D eigenvalue weighted by atomic mass is 35.5. The molecule has 10 heteroatoms. The van der Waals surface area contributed by atoms with Crippen LogP contribution in [0.25, 0.3) is 11.7 Å². The summed E-state index contributed by atoms with van der Waals surface area (Å²) >= 11 is 6.15. The highest BCUT2D eigenvalue weighted by molar-refractivity contribution is 6.30. The monoisotopic (exact) mass is 461 g/mol. The lowest BCUT2D eigenvalue weighted by atomic mass is 10.1. The Morgan fingerprint density at radius 2 is 2.18 bits per heavy atom. The summed E-state index contributed by atoms with van der Waals surface area (Å²) in [6.07, 6.45) is 5.23. The highest BCUT2D eigenvalue weighted by Gasteiger charge is 2.28. The molecule has 0 radical (unpaired) electrons. The summed E-state index contributed by atoms with van der Waals surface area (Å²) in [7, 11) is 0. The Balaban J connectivity index is 1.61. The van der Waals surface area contributed by atoms with Crippen molar-refractivity contribution >= 4 is 46.8 Å². The van der Waals surface area contributed by atoms with Gasteiger partial charge in [-0.15, -0.1) is 0 Å². The Morgan fingerprint density at radius 3 is 2.85 bits per heavy atom. The second kappa shape index (κ2) is 8.22.